The van der Waals surface area contributed by atoms with Gasteiger partial charge >= 0.3 is 0 Å². The van der Waals surface area contributed by atoms with E-state index in [-0.39, 0.29) is 16.5 Å². The molecule has 2 aromatic carbocycles. The number of rotatable bonds is 4. The molecule has 1 aliphatic heterocycles. The van der Waals surface area contributed by atoms with E-state index in [1.807, 2.05) is 0 Å². The molecule has 1 N–H and O–H groups in total. The SMILES string of the molecule is O=S(=O)(Nc1ccc(N2CCCS2(=O)=O)cc1Cl)c1ccccc1F. The Balaban J connectivity index is 1.91. The molecule has 0 radical (unpaired) electrons. The lowest BCUT2D eigenvalue weighted by Gasteiger charge is -2.18. The monoisotopic (exact) mass is 404 g/mol. The molecule has 25 heavy (non-hydrogen) atoms. The van der Waals surface area contributed by atoms with Gasteiger partial charge in [0.05, 0.1) is 22.2 Å². The second-order valence-corrected chi connectivity index (χ2v) is 9.51. The fraction of sp³-hybridized carbons (Fsp3) is 0.200. The van der Waals surface area contributed by atoms with Crippen molar-refractivity contribution >= 4 is 43.0 Å². The molecular weight excluding hydrogens is 391 g/mol. The number of benzene rings is 2. The van der Waals surface area contributed by atoms with Crippen LogP contribution in [0.5, 0.6) is 0 Å². The Morgan fingerprint density at radius 1 is 1.16 bits per heavy atom. The summed E-state index contributed by atoms with van der Waals surface area (Å²) in [7, 11) is -7.53. The lowest BCUT2D eigenvalue weighted by molar-refractivity contribution is 0.570. The van der Waals surface area contributed by atoms with Crippen LogP contribution in [0.1, 0.15) is 6.42 Å². The van der Waals surface area contributed by atoms with Crippen LogP contribution in [0.15, 0.2) is 47.4 Å². The van der Waals surface area contributed by atoms with E-state index in [0.29, 0.717) is 18.7 Å². The first-order valence-electron chi connectivity index (χ1n) is 7.28. The summed E-state index contributed by atoms with van der Waals surface area (Å²) in [6, 6.07) is 9.13. The van der Waals surface area contributed by atoms with Gasteiger partial charge in [-0.2, -0.15) is 0 Å². The smallest absolute Gasteiger partial charge is 0.264 e. The molecule has 0 amide bonds. The van der Waals surface area contributed by atoms with E-state index in [4.69, 9.17) is 11.6 Å². The number of nitrogens with one attached hydrogen (secondary N) is 1. The topological polar surface area (TPSA) is 83.6 Å². The maximum Gasteiger partial charge on any atom is 0.264 e. The Morgan fingerprint density at radius 2 is 1.88 bits per heavy atom. The van der Waals surface area contributed by atoms with E-state index in [1.54, 1.807) is 0 Å². The Hall–Kier alpha value is -1.84. The molecule has 0 saturated carbocycles. The fourth-order valence-electron chi connectivity index (χ4n) is 2.53. The van der Waals surface area contributed by atoms with E-state index in [1.165, 1.54) is 34.6 Å². The molecule has 0 aromatic heterocycles. The van der Waals surface area contributed by atoms with Crippen molar-refractivity contribution in [3.8, 4) is 0 Å². The molecule has 134 valence electrons. The van der Waals surface area contributed by atoms with E-state index < -0.39 is 30.8 Å². The van der Waals surface area contributed by atoms with Crippen LogP contribution in [-0.4, -0.2) is 29.1 Å². The summed E-state index contributed by atoms with van der Waals surface area (Å²) in [5, 5.41) is 0.0134. The number of anilines is 2. The third-order valence-corrected chi connectivity index (χ3v) is 7.29. The maximum absolute atomic E-state index is 13.7. The largest absolute Gasteiger partial charge is 0.278 e. The first-order chi connectivity index (χ1) is 11.7. The lowest BCUT2D eigenvalue weighted by atomic mass is 10.3. The van der Waals surface area contributed by atoms with Gasteiger partial charge in [-0.3, -0.25) is 9.03 Å². The van der Waals surface area contributed by atoms with Gasteiger partial charge < -0.3 is 0 Å². The van der Waals surface area contributed by atoms with Crippen LogP contribution in [-0.2, 0) is 20.0 Å². The number of hydrogen-bond donors (Lipinski definition) is 1. The molecule has 1 saturated heterocycles. The number of halogens is 2. The predicted molar refractivity (Wildman–Crippen MR) is 94.4 cm³/mol. The quantitative estimate of drug-likeness (QED) is 0.849. The minimum Gasteiger partial charge on any atom is -0.278 e. The summed E-state index contributed by atoms with van der Waals surface area (Å²) < 4.78 is 65.6. The van der Waals surface area contributed by atoms with Gasteiger partial charge in [0.25, 0.3) is 10.0 Å². The average Bonchev–Trinajstić information content (AvgIpc) is 2.89. The van der Waals surface area contributed by atoms with Crippen LogP contribution < -0.4 is 9.03 Å². The van der Waals surface area contributed by atoms with Crippen molar-refractivity contribution in [2.24, 2.45) is 0 Å². The molecular formula is C15H14ClFN2O4S2. The third-order valence-electron chi connectivity index (χ3n) is 3.71. The highest BCUT2D eigenvalue weighted by molar-refractivity contribution is 7.93. The van der Waals surface area contributed by atoms with Crippen LogP contribution in [0.4, 0.5) is 15.8 Å². The van der Waals surface area contributed by atoms with Crippen LogP contribution in [0.3, 0.4) is 0 Å². The summed E-state index contributed by atoms with van der Waals surface area (Å²) in [5.74, 6) is -0.822. The zero-order chi connectivity index (χ0) is 18.2. The lowest BCUT2D eigenvalue weighted by Crippen LogP contribution is -2.25. The molecule has 3 rings (SSSR count). The fourth-order valence-corrected chi connectivity index (χ4v) is 5.53. The Labute approximate surface area is 150 Å². The molecule has 0 bridgehead atoms. The standard InChI is InChI=1S/C15H14ClFN2O4S2/c16-12-10-11(19-8-3-9-24(19,20)21)6-7-14(12)18-25(22,23)15-5-2-1-4-13(15)17/h1-2,4-7,10,18H,3,8-9H2. The van der Waals surface area contributed by atoms with Gasteiger partial charge in [-0.25, -0.2) is 21.2 Å². The molecule has 1 heterocycles. The summed E-state index contributed by atoms with van der Waals surface area (Å²) in [6.45, 7) is 0.346. The second-order valence-electron chi connectivity index (χ2n) is 5.44. The van der Waals surface area contributed by atoms with Gasteiger partial charge in [0.15, 0.2) is 0 Å². The molecule has 0 atom stereocenters. The van der Waals surface area contributed by atoms with Crippen molar-refractivity contribution in [2.75, 3.05) is 21.3 Å². The minimum absolute atomic E-state index is 0.0134. The van der Waals surface area contributed by atoms with E-state index >= 15 is 0 Å². The van der Waals surface area contributed by atoms with Crippen molar-refractivity contribution < 1.29 is 21.2 Å². The van der Waals surface area contributed by atoms with Crippen molar-refractivity contribution in [1.82, 2.24) is 0 Å². The predicted octanol–water partition coefficient (Wildman–Crippen LogP) is 2.82. The van der Waals surface area contributed by atoms with Crippen LogP contribution in [0.2, 0.25) is 5.02 Å². The Bertz CT molecular complexity index is 1030. The first kappa shape index (κ1) is 18.0. The number of nitrogens with zero attached hydrogens (tertiary/aromatic N) is 1. The van der Waals surface area contributed by atoms with Gasteiger partial charge in [-0.05, 0) is 36.8 Å². The van der Waals surface area contributed by atoms with Crippen molar-refractivity contribution in [1.29, 1.82) is 0 Å². The molecule has 6 nitrogen and oxygen atoms in total. The summed E-state index contributed by atoms with van der Waals surface area (Å²) in [6.07, 6.45) is 0.515. The van der Waals surface area contributed by atoms with Crippen molar-refractivity contribution in [3.05, 3.63) is 53.3 Å². The molecule has 1 fully saturated rings. The van der Waals surface area contributed by atoms with Gasteiger partial charge in [0, 0.05) is 6.54 Å². The van der Waals surface area contributed by atoms with E-state index in [9.17, 15) is 21.2 Å². The van der Waals surface area contributed by atoms with Gasteiger partial charge in [-0.1, -0.05) is 23.7 Å². The Kier molecular flexibility index (Phi) is 4.65. The molecule has 0 aliphatic carbocycles. The number of hydrogen-bond acceptors (Lipinski definition) is 4. The highest BCUT2D eigenvalue weighted by Crippen LogP contribution is 2.32. The van der Waals surface area contributed by atoms with Crippen LogP contribution >= 0.6 is 11.6 Å². The molecule has 10 heteroatoms. The van der Waals surface area contributed by atoms with Gasteiger partial charge in [0.2, 0.25) is 10.0 Å². The highest BCUT2D eigenvalue weighted by atomic mass is 35.5. The summed E-state index contributed by atoms with van der Waals surface area (Å²) >= 11 is 6.09. The van der Waals surface area contributed by atoms with Crippen LogP contribution in [0.25, 0.3) is 0 Å². The van der Waals surface area contributed by atoms with E-state index in [0.717, 1.165) is 12.1 Å². The molecule has 0 unspecified atom stereocenters. The highest BCUT2D eigenvalue weighted by Gasteiger charge is 2.29. The molecule has 2 aromatic rings. The van der Waals surface area contributed by atoms with Gasteiger partial charge in [0.1, 0.15) is 10.7 Å². The van der Waals surface area contributed by atoms with Gasteiger partial charge in [-0.15, -0.1) is 0 Å². The Morgan fingerprint density at radius 3 is 2.48 bits per heavy atom. The zero-order valence-corrected chi connectivity index (χ0v) is 15.2. The first-order valence-corrected chi connectivity index (χ1v) is 10.7. The summed E-state index contributed by atoms with van der Waals surface area (Å²) in [5.41, 5.74) is 0.390. The maximum atomic E-state index is 13.7. The normalized spacial score (nSPS) is 16.8. The molecule has 0 spiro atoms. The number of sulfonamides is 2. The third kappa shape index (κ3) is 3.58. The summed E-state index contributed by atoms with van der Waals surface area (Å²) in [4.78, 5) is -0.503. The molecule has 1 aliphatic rings. The van der Waals surface area contributed by atoms with Crippen molar-refractivity contribution in [3.63, 3.8) is 0 Å². The second kappa shape index (κ2) is 6.47. The average molecular weight is 405 g/mol. The minimum atomic E-state index is -4.16. The van der Waals surface area contributed by atoms with Crippen molar-refractivity contribution in [2.45, 2.75) is 11.3 Å². The van der Waals surface area contributed by atoms with Crippen LogP contribution in [0, 0.1) is 5.82 Å². The zero-order valence-electron chi connectivity index (χ0n) is 12.8. The van der Waals surface area contributed by atoms with E-state index in [2.05, 4.69) is 4.72 Å².